The number of hydrogen-bond acceptors (Lipinski definition) is 6. The fourth-order valence-electron chi connectivity index (χ4n) is 4.78. The van der Waals surface area contributed by atoms with Crippen molar-refractivity contribution in [2.24, 2.45) is 5.92 Å². The van der Waals surface area contributed by atoms with Gasteiger partial charge in [0.25, 0.3) is 0 Å². The van der Waals surface area contributed by atoms with E-state index in [1.54, 1.807) is 12.1 Å². The fraction of sp³-hybridized carbons (Fsp3) is 0.385. The highest BCUT2D eigenvalue weighted by Crippen LogP contribution is 2.38. The van der Waals surface area contributed by atoms with Gasteiger partial charge in [-0.3, -0.25) is 0 Å². The summed E-state index contributed by atoms with van der Waals surface area (Å²) >= 11 is 0. The molecule has 1 atom stereocenters. The van der Waals surface area contributed by atoms with Gasteiger partial charge < -0.3 is 9.64 Å². The Morgan fingerprint density at radius 2 is 1.67 bits per heavy atom. The predicted octanol–water partition coefficient (Wildman–Crippen LogP) is 4.33. The van der Waals surface area contributed by atoms with Gasteiger partial charge in [0.15, 0.2) is 9.84 Å². The van der Waals surface area contributed by atoms with Crippen LogP contribution in [-0.4, -0.2) is 43.8 Å². The molecule has 1 fully saturated rings. The van der Waals surface area contributed by atoms with Gasteiger partial charge in [0, 0.05) is 38.2 Å². The third-order valence-electron chi connectivity index (χ3n) is 6.82. The highest BCUT2D eigenvalue weighted by atomic mass is 32.2. The van der Waals surface area contributed by atoms with Gasteiger partial charge in [-0.25, -0.2) is 18.4 Å². The van der Waals surface area contributed by atoms with E-state index in [2.05, 4.69) is 33.9 Å². The van der Waals surface area contributed by atoms with E-state index >= 15 is 0 Å². The average molecular weight is 464 g/mol. The Hall–Kier alpha value is -2.93. The van der Waals surface area contributed by atoms with E-state index < -0.39 is 9.84 Å². The molecule has 1 unspecified atom stereocenters. The zero-order valence-electron chi connectivity index (χ0n) is 19.1. The van der Waals surface area contributed by atoms with E-state index in [-0.39, 0.29) is 6.10 Å². The van der Waals surface area contributed by atoms with Crippen LogP contribution in [0.1, 0.15) is 30.9 Å². The van der Waals surface area contributed by atoms with Crippen LogP contribution in [0.3, 0.4) is 0 Å². The Morgan fingerprint density at radius 3 is 2.30 bits per heavy atom. The molecule has 2 aromatic carbocycles. The number of ether oxygens (including phenoxy) is 1. The second-order valence-corrected chi connectivity index (χ2v) is 11.1. The van der Waals surface area contributed by atoms with E-state index in [4.69, 9.17) is 4.74 Å². The maximum absolute atomic E-state index is 11.7. The van der Waals surface area contributed by atoms with Crippen molar-refractivity contribution in [1.29, 1.82) is 0 Å². The molecule has 6 nitrogen and oxygen atoms in total. The lowest BCUT2D eigenvalue weighted by molar-refractivity contribution is 0.138. The number of rotatable bonds is 5. The third kappa shape index (κ3) is 4.60. The van der Waals surface area contributed by atoms with Crippen molar-refractivity contribution in [2.75, 3.05) is 24.2 Å². The molecule has 1 aromatic heterocycles. The lowest BCUT2D eigenvalue weighted by atomic mass is 9.88. The zero-order valence-corrected chi connectivity index (χ0v) is 19.9. The molecule has 5 rings (SSSR count). The topological polar surface area (TPSA) is 72.4 Å². The number of nitrogens with zero attached hydrogens (tertiary/aromatic N) is 3. The number of hydrogen-bond donors (Lipinski definition) is 0. The van der Waals surface area contributed by atoms with Crippen LogP contribution < -0.4 is 9.64 Å². The van der Waals surface area contributed by atoms with Crippen molar-refractivity contribution in [3.63, 3.8) is 0 Å². The highest BCUT2D eigenvalue weighted by molar-refractivity contribution is 7.90. The average Bonchev–Trinajstić information content (AvgIpc) is 3.27. The van der Waals surface area contributed by atoms with Gasteiger partial charge in [0.05, 0.1) is 4.90 Å². The van der Waals surface area contributed by atoms with Crippen molar-refractivity contribution in [1.82, 2.24) is 9.97 Å². The van der Waals surface area contributed by atoms with Crippen molar-refractivity contribution in [3.05, 3.63) is 66.0 Å². The van der Waals surface area contributed by atoms with E-state index in [1.165, 1.54) is 11.8 Å². The van der Waals surface area contributed by atoms with Crippen LogP contribution in [-0.2, 0) is 22.7 Å². The first-order valence-corrected chi connectivity index (χ1v) is 13.5. The van der Waals surface area contributed by atoms with Gasteiger partial charge >= 0.3 is 0 Å². The summed E-state index contributed by atoms with van der Waals surface area (Å²) in [7, 11) is -3.19. The molecule has 0 bridgehead atoms. The van der Waals surface area contributed by atoms with Crippen LogP contribution in [0, 0.1) is 5.92 Å². The molecule has 0 saturated carbocycles. The fourth-order valence-corrected chi connectivity index (χ4v) is 5.41. The van der Waals surface area contributed by atoms with Gasteiger partial charge in [0.2, 0.25) is 5.95 Å². The van der Waals surface area contributed by atoms with Crippen molar-refractivity contribution in [3.8, 4) is 16.9 Å². The maximum Gasteiger partial charge on any atom is 0.225 e. The predicted molar refractivity (Wildman–Crippen MR) is 129 cm³/mol. The summed E-state index contributed by atoms with van der Waals surface area (Å²) < 4.78 is 29.8. The summed E-state index contributed by atoms with van der Waals surface area (Å²) in [5.74, 6) is 2.31. The van der Waals surface area contributed by atoms with E-state index in [0.29, 0.717) is 10.8 Å². The molecule has 0 aliphatic carbocycles. The number of aryl methyl sites for hydroxylation is 1. The quantitative estimate of drug-likeness (QED) is 0.561. The summed E-state index contributed by atoms with van der Waals surface area (Å²) in [4.78, 5) is 11.7. The molecule has 172 valence electrons. The van der Waals surface area contributed by atoms with Crippen LogP contribution in [0.5, 0.6) is 5.75 Å². The first-order chi connectivity index (χ1) is 15.9. The van der Waals surface area contributed by atoms with Gasteiger partial charge in [-0.15, -0.1) is 0 Å². The minimum Gasteiger partial charge on any atom is -0.490 e. The summed E-state index contributed by atoms with van der Waals surface area (Å²) in [5, 5.41) is 0. The summed E-state index contributed by atoms with van der Waals surface area (Å²) in [6.07, 6.45) is 9.29. The van der Waals surface area contributed by atoms with Crippen molar-refractivity contribution in [2.45, 2.75) is 43.6 Å². The molecule has 2 aliphatic rings. The van der Waals surface area contributed by atoms with Gasteiger partial charge in [-0.1, -0.05) is 25.1 Å². The molecule has 0 N–H and O–H groups in total. The van der Waals surface area contributed by atoms with Gasteiger partial charge in [0.1, 0.15) is 11.9 Å². The van der Waals surface area contributed by atoms with Crippen LogP contribution in [0.15, 0.2) is 59.8 Å². The SMILES string of the molecule is CCc1cnc(N2CCC(C3Cc4cc(-c5ccc(S(C)(=O)=O)cc5)ccc4O3)CC2)nc1. The minimum atomic E-state index is -3.19. The van der Waals surface area contributed by atoms with Crippen molar-refractivity contribution >= 4 is 15.8 Å². The van der Waals surface area contributed by atoms with E-state index in [1.807, 2.05) is 30.6 Å². The first-order valence-electron chi connectivity index (χ1n) is 11.6. The molecule has 2 aliphatic heterocycles. The molecule has 33 heavy (non-hydrogen) atoms. The zero-order chi connectivity index (χ0) is 23.0. The normalized spacial score (nSPS) is 18.7. The van der Waals surface area contributed by atoms with E-state index in [0.717, 1.165) is 67.2 Å². The Labute approximate surface area is 195 Å². The Bertz CT molecular complexity index is 1230. The first kappa shape index (κ1) is 21.9. The van der Waals surface area contributed by atoms with Crippen LogP contribution in [0.2, 0.25) is 0 Å². The number of aromatic nitrogens is 2. The number of anilines is 1. The molecule has 3 heterocycles. The summed E-state index contributed by atoms with van der Waals surface area (Å²) in [6, 6.07) is 13.4. The van der Waals surface area contributed by atoms with Crippen LogP contribution in [0.25, 0.3) is 11.1 Å². The smallest absolute Gasteiger partial charge is 0.225 e. The lowest BCUT2D eigenvalue weighted by Crippen LogP contribution is -2.40. The van der Waals surface area contributed by atoms with Gasteiger partial charge in [-0.05, 0) is 71.7 Å². The molecule has 3 aromatic rings. The standard InChI is InChI=1S/C26H29N3O3S/c1-3-18-16-27-26(28-17-18)29-12-10-20(11-13-29)25-15-22-14-21(6-9-24(22)32-25)19-4-7-23(8-5-19)33(2,30)31/h4-9,14,16-17,20,25H,3,10-13,15H2,1-2H3. The number of benzene rings is 2. The lowest BCUT2D eigenvalue weighted by Gasteiger charge is -2.34. The maximum atomic E-state index is 11.7. The number of fused-ring (bicyclic) bond motifs is 1. The molecule has 7 heteroatoms. The van der Waals surface area contributed by atoms with Crippen molar-refractivity contribution < 1.29 is 13.2 Å². The minimum absolute atomic E-state index is 0.202. The monoisotopic (exact) mass is 463 g/mol. The Kier molecular flexibility index (Phi) is 5.83. The molecular weight excluding hydrogens is 434 g/mol. The summed E-state index contributed by atoms with van der Waals surface area (Å²) in [6.45, 7) is 4.01. The van der Waals surface area contributed by atoms with Crippen LogP contribution >= 0.6 is 0 Å². The highest BCUT2D eigenvalue weighted by Gasteiger charge is 2.33. The molecule has 0 amide bonds. The Morgan fingerprint density at radius 1 is 1.00 bits per heavy atom. The third-order valence-corrected chi connectivity index (χ3v) is 7.95. The number of sulfone groups is 1. The van der Waals surface area contributed by atoms with Gasteiger partial charge in [-0.2, -0.15) is 0 Å². The molecule has 0 spiro atoms. The van der Waals surface area contributed by atoms with Crippen LogP contribution in [0.4, 0.5) is 5.95 Å². The second kappa shape index (κ2) is 8.78. The molecular formula is C26H29N3O3S. The second-order valence-electron chi connectivity index (χ2n) is 9.05. The molecule has 1 saturated heterocycles. The Balaban J connectivity index is 1.23. The number of piperidine rings is 1. The largest absolute Gasteiger partial charge is 0.490 e. The molecule has 0 radical (unpaired) electrons. The van der Waals surface area contributed by atoms with E-state index in [9.17, 15) is 8.42 Å². The summed E-state index contributed by atoms with van der Waals surface area (Å²) in [5.41, 5.74) is 4.48.